The van der Waals surface area contributed by atoms with Gasteiger partial charge in [0.05, 0.1) is 11.8 Å². The van der Waals surface area contributed by atoms with E-state index in [0.29, 0.717) is 30.6 Å². The number of anilines is 1. The zero-order chi connectivity index (χ0) is 28.2. The van der Waals surface area contributed by atoms with Crippen LogP contribution in [-0.4, -0.2) is 53.0 Å². The van der Waals surface area contributed by atoms with Crippen LogP contribution in [0.25, 0.3) is 0 Å². The Labute approximate surface area is 223 Å². The zero-order valence-electron chi connectivity index (χ0n) is 22.7. The maximum Gasteiger partial charge on any atom is 0.415 e. The number of carbonyl (C=O) groups excluding carboxylic acids is 4. The summed E-state index contributed by atoms with van der Waals surface area (Å²) in [5.74, 6) is -1.89. The van der Waals surface area contributed by atoms with E-state index in [2.05, 4.69) is 16.7 Å². The van der Waals surface area contributed by atoms with Gasteiger partial charge in [-0.2, -0.15) is 5.26 Å². The lowest BCUT2D eigenvalue weighted by molar-refractivity contribution is -0.131. The van der Waals surface area contributed by atoms with Crippen LogP contribution in [0, 0.1) is 29.1 Å². The molecule has 0 bridgehead atoms. The molecule has 0 spiro atoms. The molecule has 0 radical (unpaired) electrons. The Kier molecular flexibility index (Phi) is 9.02. The van der Waals surface area contributed by atoms with Crippen LogP contribution in [-0.2, 0) is 25.5 Å². The first-order valence-corrected chi connectivity index (χ1v) is 13.1. The largest absolute Gasteiger partial charge is 0.508 e. The van der Waals surface area contributed by atoms with Gasteiger partial charge in [0.1, 0.15) is 23.4 Å². The van der Waals surface area contributed by atoms with Gasteiger partial charge >= 0.3 is 6.09 Å². The Morgan fingerprint density at radius 3 is 2.58 bits per heavy atom. The van der Waals surface area contributed by atoms with Crippen molar-refractivity contribution in [3.63, 3.8) is 0 Å². The van der Waals surface area contributed by atoms with Crippen LogP contribution in [0.2, 0.25) is 0 Å². The summed E-state index contributed by atoms with van der Waals surface area (Å²) in [6.45, 7) is 9.60. The van der Waals surface area contributed by atoms with Crippen molar-refractivity contribution in [2.24, 2.45) is 17.8 Å². The van der Waals surface area contributed by atoms with Gasteiger partial charge in [0.2, 0.25) is 11.8 Å². The molecular formula is C28H38N4O6. The summed E-state index contributed by atoms with van der Waals surface area (Å²) in [7, 11) is 0. The number of hydrogen-bond donors (Lipinski definition) is 3. The molecule has 3 amide bonds. The molecular weight excluding hydrogens is 488 g/mol. The second kappa shape index (κ2) is 11.8. The number of nitrogens with one attached hydrogen (secondary N) is 2. The number of nitriles is 1. The highest BCUT2D eigenvalue weighted by molar-refractivity contribution is 6.02. The number of amides is 3. The average molecular weight is 527 g/mol. The van der Waals surface area contributed by atoms with E-state index in [1.807, 2.05) is 13.8 Å². The summed E-state index contributed by atoms with van der Waals surface area (Å²) >= 11 is 0. The Morgan fingerprint density at radius 2 is 2.00 bits per heavy atom. The van der Waals surface area contributed by atoms with Crippen LogP contribution in [0.1, 0.15) is 65.9 Å². The molecule has 2 heterocycles. The average Bonchev–Trinajstić information content (AvgIpc) is 3.41. The molecule has 10 nitrogen and oxygen atoms in total. The number of carbonyl (C=O) groups is 4. The number of fused-ring (bicyclic) bond motifs is 1. The van der Waals surface area contributed by atoms with Crippen molar-refractivity contribution < 1.29 is 29.0 Å². The molecule has 0 saturated carbocycles. The third-order valence-electron chi connectivity index (χ3n) is 6.79. The molecule has 10 heteroatoms. The highest BCUT2D eigenvalue weighted by Gasteiger charge is 2.42. The van der Waals surface area contributed by atoms with Crippen molar-refractivity contribution in [3.8, 4) is 11.8 Å². The lowest BCUT2D eigenvalue weighted by Gasteiger charge is -2.29. The molecule has 3 N–H and O–H groups in total. The number of hydrogen-bond acceptors (Lipinski definition) is 7. The number of aromatic hydroxyl groups is 1. The molecule has 3 rings (SSSR count). The molecule has 1 aromatic carbocycles. The quantitative estimate of drug-likeness (QED) is 0.447. The smallest absolute Gasteiger partial charge is 0.415 e. The highest BCUT2D eigenvalue weighted by Crippen LogP contribution is 2.39. The fourth-order valence-electron chi connectivity index (χ4n) is 5.06. The number of benzene rings is 1. The third kappa shape index (κ3) is 7.03. The second-order valence-electron chi connectivity index (χ2n) is 11.5. The van der Waals surface area contributed by atoms with Crippen molar-refractivity contribution >= 4 is 29.4 Å². The molecule has 1 aromatic rings. The minimum atomic E-state index is -0.940. The standard InChI is InChI=1S/C28H38N4O6/c1-16(2)11-18(26(36)31-19(15-29)12-17-9-10-30-25(17)35)13-24(34)22-14-20-21(7-6-8-23(20)33)32(22)27(37)38-28(3,4)5/h6-8,16-19,22,33H,9-14H2,1-5H3,(H,30,35)(H,31,36)/t17-,18+,19-,22?/m0/s1. The first-order chi connectivity index (χ1) is 17.8. The topological polar surface area (TPSA) is 149 Å². The maximum atomic E-state index is 13.6. The van der Waals surface area contributed by atoms with E-state index in [1.54, 1.807) is 32.9 Å². The fourth-order valence-corrected chi connectivity index (χ4v) is 5.06. The van der Waals surface area contributed by atoms with Crippen LogP contribution in [0.15, 0.2) is 18.2 Å². The molecule has 1 saturated heterocycles. The number of Topliss-reactive ketones (excluding diaryl/α,β-unsaturated/α-hetero) is 1. The van der Waals surface area contributed by atoms with Gasteiger partial charge in [-0.3, -0.25) is 19.3 Å². The normalized spacial score (nSPS) is 20.3. The number of phenolic OH excluding ortho intramolecular Hbond substituents is 1. The van der Waals surface area contributed by atoms with Crippen molar-refractivity contribution in [1.82, 2.24) is 10.6 Å². The van der Waals surface area contributed by atoms with Crippen LogP contribution >= 0.6 is 0 Å². The molecule has 206 valence electrons. The molecule has 1 unspecified atom stereocenters. The van der Waals surface area contributed by atoms with Gasteiger partial charge in [-0.25, -0.2) is 4.79 Å². The number of nitrogens with zero attached hydrogens (tertiary/aromatic N) is 2. The molecule has 2 aliphatic rings. The molecule has 0 aromatic heterocycles. The maximum absolute atomic E-state index is 13.6. The summed E-state index contributed by atoms with van der Waals surface area (Å²) in [6, 6.07) is 5.02. The summed E-state index contributed by atoms with van der Waals surface area (Å²) in [5.41, 5.74) is 0.0788. The summed E-state index contributed by atoms with van der Waals surface area (Å²) in [5, 5.41) is 25.5. The van der Waals surface area contributed by atoms with Crippen molar-refractivity contribution in [2.45, 2.75) is 84.4 Å². The SMILES string of the molecule is CC(C)C[C@H](CC(=O)C1Cc2c(O)cccc2N1C(=O)OC(C)(C)C)C(=O)N[C@H](C#N)C[C@@H]1CCNC1=O. The monoisotopic (exact) mass is 526 g/mol. The predicted octanol–water partition coefficient (Wildman–Crippen LogP) is 3.21. The van der Waals surface area contributed by atoms with Gasteiger partial charge in [0.25, 0.3) is 0 Å². The first-order valence-electron chi connectivity index (χ1n) is 13.1. The van der Waals surface area contributed by atoms with Gasteiger partial charge in [0.15, 0.2) is 5.78 Å². The number of rotatable bonds is 9. The molecule has 38 heavy (non-hydrogen) atoms. The summed E-state index contributed by atoms with van der Waals surface area (Å²) < 4.78 is 5.56. The van der Waals surface area contributed by atoms with E-state index in [0.717, 1.165) is 0 Å². The van der Waals surface area contributed by atoms with E-state index in [4.69, 9.17) is 4.74 Å². The lowest BCUT2D eigenvalue weighted by atomic mass is 9.88. The van der Waals surface area contributed by atoms with E-state index >= 15 is 0 Å². The van der Waals surface area contributed by atoms with E-state index in [1.165, 1.54) is 11.0 Å². The number of ketones is 1. The number of phenols is 1. The summed E-state index contributed by atoms with van der Waals surface area (Å²) in [6.07, 6.45) is 0.468. The van der Waals surface area contributed by atoms with Gasteiger partial charge in [-0.05, 0) is 58.1 Å². The van der Waals surface area contributed by atoms with Crippen molar-refractivity contribution in [1.29, 1.82) is 5.26 Å². The Bertz CT molecular complexity index is 1120. The Balaban J connectivity index is 1.79. The van der Waals surface area contributed by atoms with E-state index in [9.17, 15) is 29.5 Å². The van der Waals surface area contributed by atoms with Gasteiger partial charge in [-0.15, -0.1) is 0 Å². The fraction of sp³-hybridized carbons (Fsp3) is 0.607. The minimum absolute atomic E-state index is 0.0179. The van der Waals surface area contributed by atoms with Gasteiger partial charge in [0, 0.05) is 36.8 Å². The Morgan fingerprint density at radius 1 is 1.29 bits per heavy atom. The van der Waals surface area contributed by atoms with Gasteiger partial charge in [-0.1, -0.05) is 19.9 Å². The first kappa shape index (κ1) is 29.0. The van der Waals surface area contributed by atoms with Crippen LogP contribution < -0.4 is 15.5 Å². The van der Waals surface area contributed by atoms with Crippen LogP contribution in [0.4, 0.5) is 10.5 Å². The molecule has 2 aliphatic heterocycles. The summed E-state index contributed by atoms with van der Waals surface area (Å²) in [4.78, 5) is 53.3. The van der Waals surface area contributed by atoms with Crippen molar-refractivity contribution in [3.05, 3.63) is 23.8 Å². The van der Waals surface area contributed by atoms with Gasteiger partial charge < -0.3 is 20.5 Å². The lowest BCUT2D eigenvalue weighted by Crippen LogP contribution is -2.47. The Hall–Kier alpha value is -3.61. The zero-order valence-corrected chi connectivity index (χ0v) is 22.7. The third-order valence-corrected chi connectivity index (χ3v) is 6.79. The number of ether oxygens (including phenoxy) is 1. The van der Waals surface area contributed by atoms with E-state index in [-0.39, 0.29) is 48.5 Å². The van der Waals surface area contributed by atoms with Crippen LogP contribution in [0.3, 0.4) is 0 Å². The molecule has 0 aliphatic carbocycles. The highest BCUT2D eigenvalue weighted by atomic mass is 16.6. The minimum Gasteiger partial charge on any atom is -0.508 e. The second-order valence-corrected chi connectivity index (χ2v) is 11.5. The molecule has 1 fully saturated rings. The van der Waals surface area contributed by atoms with Crippen molar-refractivity contribution in [2.75, 3.05) is 11.4 Å². The predicted molar refractivity (Wildman–Crippen MR) is 140 cm³/mol. The van der Waals surface area contributed by atoms with Crippen LogP contribution in [0.5, 0.6) is 5.75 Å². The molecule has 4 atom stereocenters. The van der Waals surface area contributed by atoms with E-state index < -0.39 is 35.6 Å².